The van der Waals surface area contributed by atoms with Crippen LogP contribution in [0.2, 0.25) is 0 Å². The summed E-state index contributed by atoms with van der Waals surface area (Å²) in [6, 6.07) is 4.51. The molecule has 3 heterocycles. The van der Waals surface area contributed by atoms with E-state index in [1.165, 1.54) is 11.3 Å². The molecule has 3 rings (SSSR count). The van der Waals surface area contributed by atoms with E-state index in [-0.39, 0.29) is 29.3 Å². The van der Waals surface area contributed by atoms with Gasteiger partial charge in [-0.05, 0) is 30.4 Å². The minimum absolute atomic E-state index is 0.0140. The third-order valence-electron chi connectivity index (χ3n) is 4.40. The van der Waals surface area contributed by atoms with Gasteiger partial charge in [0.15, 0.2) is 0 Å². The summed E-state index contributed by atoms with van der Waals surface area (Å²) < 4.78 is 39.9. The number of hydrogen-bond donors (Lipinski definition) is 0. The van der Waals surface area contributed by atoms with E-state index >= 15 is 0 Å². The molecule has 0 spiro atoms. The summed E-state index contributed by atoms with van der Waals surface area (Å²) in [5.41, 5.74) is -0.650. The van der Waals surface area contributed by atoms with Gasteiger partial charge in [0.05, 0.1) is 10.6 Å². The van der Waals surface area contributed by atoms with Crippen LogP contribution < -0.4 is 0 Å². The molecule has 0 aromatic carbocycles. The van der Waals surface area contributed by atoms with Gasteiger partial charge < -0.3 is 4.90 Å². The van der Waals surface area contributed by atoms with Crippen LogP contribution in [0, 0.1) is 5.92 Å². The largest absolute Gasteiger partial charge is 0.433 e. The van der Waals surface area contributed by atoms with E-state index in [0.29, 0.717) is 24.4 Å². The lowest BCUT2D eigenvalue weighted by Crippen LogP contribution is -2.41. The first kappa shape index (κ1) is 18.8. The Balaban J connectivity index is 1.96. The molecule has 1 aliphatic rings. The third-order valence-corrected chi connectivity index (χ3v) is 5.29. The molecule has 0 N–H and O–H groups in total. The molecule has 1 atom stereocenters. The van der Waals surface area contributed by atoms with Gasteiger partial charge in [-0.25, -0.2) is 9.97 Å². The fourth-order valence-electron chi connectivity index (χ4n) is 3.10. The fraction of sp³-hybridized carbons (Fsp3) is 0.500. The van der Waals surface area contributed by atoms with Gasteiger partial charge in [0, 0.05) is 24.9 Å². The smallest absolute Gasteiger partial charge is 0.342 e. The van der Waals surface area contributed by atoms with Gasteiger partial charge in [-0.2, -0.15) is 13.2 Å². The van der Waals surface area contributed by atoms with Crippen molar-refractivity contribution in [2.45, 2.75) is 38.8 Å². The second-order valence-corrected chi connectivity index (χ2v) is 7.70. The zero-order valence-corrected chi connectivity index (χ0v) is 15.4. The number of piperidine rings is 1. The molecule has 0 bridgehead atoms. The van der Waals surface area contributed by atoms with E-state index in [0.717, 1.165) is 12.5 Å². The number of hydrogen-bond acceptors (Lipinski definition) is 4. The first-order chi connectivity index (χ1) is 12.3. The molecule has 1 amide bonds. The van der Waals surface area contributed by atoms with Crippen molar-refractivity contribution in [1.82, 2.24) is 14.9 Å². The van der Waals surface area contributed by atoms with Gasteiger partial charge in [-0.1, -0.05) is 19.9 Å². The standard InChI is InChI=1S/C18H20F3N3OS/c1-11(2)17(25)24-7-3-5-12(10-24)16-22-13(14-6-4-8-26-14)9-15(23-16)18(19,20)21/h4,6,8-9,11-12H,3,5,7,10H2,1-2H3/t12-/m1/s1. The Kier molecular flexibility index (Phi) is 5.32. The van der Waals surface area contributed by atoms with Crippen molar-refractivity contribution in [2.24, 2.45) is 5.92 Å². The maximum absolute atomic E-state index is 13.3. The molecule has 0 saturated carbocycles. The first-order valence-corrected chi connectivity index (χ1v) is 9.42. The monoisotopic (exact) mass is 383 g/mol. The molecule has 2 aromatic heterocycles. The summed E-state index contributed by atoms with van der Waals surface area (Å²) in [6.07, 6.45) is -3.13. The van der Waals surface area contributed by atoms with E-state index in [4.69, 9.17) is 0 Å². The number of carbonyl (C=O) groups is 1. The molecule has 140 valence electrons. The Bertz CT molecular complexity index is 774. The van der Waals surface area contributed by atoms with Gasteiger partial charge >= 0.3 is 6.18 Å². The number of rotatable bonds is 3. The Hall–Kier alpha value is -1.96. The third kappa shape index (κ3) is 4.06. The van der Waals surface area contributed by atoms with Crippen molar-refractivity contribution in [3.8, 4) is 10.6 Å². The highest BCUT2D eigenvalue weighted by molar-refractivity contribution is 7.13. The Labute approximate surface area is 154 Å². The molecule has 0 radical (unpaired) electrons. The predicted octanol–water partition coefficient (Wildman–Crippen LogP) is 4.59. The van der Waals surface area contributed by atoms with Crippen molar-refractivity contribution in [3.63, 3.8) is 0 Å². The molecular formula is C18H20F3N3OS. The lowest BCUT2D eigenvalue weighted by Gasteiger charge is -2.33. The molecule has 1 aliphatic heterocycles. The van der Waals surface area contributed by atoms with Crippen molar-refractivity contribution < 1.29 is 18.0 Å². The number of likely N-dealkylation sites (tertiary alicyclic amines) is 1. The summed E-state index contributed by atoms with van der Waals surface area (Å²) in [5, 5.41) is 1.80. The number of halogens is 3. The summed E-state index contributed by atoms with van der Waals surface area (Å²) in [4.78, 5) is 22.9. The summed E-state index contributed by atoms with van der Waals surface area (Å²) in [7, 11) is 0. The second-order valence-electron chi connectivity index (χ2n) is 6.75. The number of amides is 1. The van der Waals surface area contributed by atoms with Crippen LogP contribution in [0.1, 0.15) is 44.1 Å². The Morgan fingerprint density at radius 3 is 2.73 bits per heavy atom. The summed E-state index contributed by atoms with van der Waals surface area (Å²) in [6.45, 7) is 4.63. The molecule has 0 aliphatic carbocycles. The molecule has 0 unspecified atom stereocenters. The molecule has 8 heteroatoms. The maximum Gasteiger partial charge on any atom is 0.433 e. The van der Waals surface area contributed by atoms with E-state index in [9.17, 15) is 18.0 Å². The second kappa shape index (κ2) is 7.34. The first-order valence-electron chi connectivity index (χ1n) is 8.54. The Morgan fingerprint density at radius 2 is 2.12 bits per heavy atom. The number of aromatic nitrogens is 2. The molecule has 26 heavy (non-hydrogen) atoms. The zero-order chi connectivity index (χ0) is 18.9. The SMILES string of the molecule is CC(C)C(=O)N1CCC[C@@H](c2nc(-c3cccs3)cc(C(F)(F)F)n2)C1. The lowest BCUT2D eigenvalue weighted by atomic mass is 9.96. The van der Waals surface area contributed by atoms with Crippen molar-refractivity contribution in [1.29, 1.82) is 0 Å². The van der Waals surface area contributed by atoms with E-state index < -0.39 is 11.9 Å². The predicted molar refractivity (Wildman–Crippen MR) is 93.7 cm³/mol. The quantitative estimate of drug-likeness (QED) is 0.779. The van der Waals surface area contributed by atoms with Crippen LogP contribution in [-0.4, -0.2) is 33.9 Å². The zero-order valence-electron chi connectivity index (χ0n) is 14.6. The van der Waals surface area contributed by atoms with Crippen LogP contribution in [0.25, 0.3) is 10.6 Å². The fourth-order valence-corrected chi connectivity index (χ4v) is 3.78. The topological polar surface area (TPSA) is 46.1 Å². The highest BCUT2D eigenvalue weighted by atomic mass is 32.1. The number of nitrogens with zero attached hydrogens (tertiary/aromatic N) is 3. The van der Waals surface area contributed by atoms with Crippen LogP contribution >= 0.6 is 11.3 Å². The molecule has 2 aromatic rings. The van der Waals surface area contributed by atoms with Crippen LogP contribution in [0.15, 0.2) is 23.6 Å². The molecular weight excluding hydrogens is 363 g/mol. The number of alkyl halides is 3. The van der Waals surface area contributed by atoms with Crippen molar-refractivity contribution in [2.75, 3.05) is 13.1 Å². The highest BCUT2D eigenvalue weighted by Crippen LogP contribution is 2.34. The van der Waals surface area contributed by atoms with E-state index in [2.05, 4.69) is 9.97 Å². The normalized spacial score (nSPS) is 18.4. The van der Waals surface area contributed by atoms with Crippen LogP contribution in [0.3, 0.4) is 0 Å². The van der Waals surface area contributed by atoms with Gasteiger partial charge in [-0.15, -0.1) is 11.3 Å². The van der Waals surface area contributed by atoms with Crippen molar-refractivity contribution in [3.05, 3.63) is 35.1 Å². The number of thiophene rings is 1. The average Bonchev–Trinajstić information content (AvgIpc) is 3.14. The summed E-state index contributed by atoms with van der Waals surface area (Å²) >= 11 is 1.34. The maximum atomic E-state index is 13.3. The van der Waals surface area contributed by atoms with Crippen molar-refractivity contribution >= 4 is 17.2 Å². The van der Waals surface area contributed by atoms with Gasteiger partial charge in [0.25, 0.3) is 0 Å². The van der Waals surface area contributed by atoms with Gasteiger partial charge in [-0.3, -0.25) is 4.79 Å². The minimum Gasteiger partial charge on any atom is -0.342 e. The number of carbonyl (C=O) groups excluding carboxylic acids is 1. The molecule has 4 nitrogen and oxygen atoms in total. The van der Waals surface area contributed by atoms with Crippen LogP contribution in [-0.2, 0) is 11.0 Å². The van der Waals surface area contributed by atoms with Gasteiger partial charge in [0.1, 0.15) is 11.5 Å². The van der Waals surface area contributed by atoms with E-state index in [1.807, 2.05) is 13.8 Å². The van der Waals surface area contributed by atoms with E-state index in [1.54, 1.807) is 22.4 Å². The lowest BCUT2D eigenvalue weighted by molar-refractivity contribution is -0.141. The molecule has 1 saturated heterocycles. The highest BCUT2D eigenvalue weighted by Gasteiger charge is 2.35. The summed E-state index contributed by atoms with van der Waals surface area (Å²) in [5.74, 6) is -0.241. The Morgan fingerprint density at radius 1 is 1.35 bits per heavy atom. The van der Waals surface area contributed by atoms with Crippen LogP contribution in [0.5, 0.6) is 0 Å². The average molecular weight is 383 g/mol. The minimum atomic E-state index is -4.54. The molecule has 1 fully saturated rings. The van der Waals surface area contributed by atoms with Gasteiger partial charge in [0.2, 0.25) is 5.91 Å². The van der Waals surface area contributed by atoms with Crippen LogP contribution in [0.4, 0.5) is 13.2 Å².